The van der Waals surface area contributed by atoms with Crippen LogP contribution in [0.2, 0.25) is 0 Å². The van der Waals surface area contributed by atoms with Crippen molar-refractivity contribution in [3.8, 4) is 0 Å². The van der Waals surface area contributed by atoms with Crippen molar-refractivity contribution in [3.63, 3.8) is 0 Å². The number of benzene rings is 1. The minimum Gasteiger partial charge on any atom is -0.444 e. The molecule has 1 aromatic rings. The van der Waals surface area contributed by atoms with Crippen LogP contribution in [0.5, 0.6) is 0 Å². The number of nitrogens with one attached hydrogen (secondary N) is 3. The number of amides is 1. The lowest BCUT2D eigenvalue weighted by Crippen LogP contribution is -2.42. The maximum atomic E-state index is 11.6. The van der Waals surface area contributed by atoms with Crippen LogP contribution >= 0.6 is 0 Å². The number of ether oxygens (including phenoxy) is 1. The molecule has 0 saturated heterocycles. The van der Waals surface area contributed by atoms with Crippen LogP contribution < -0.4 is 16.0 Å². The van der Waals surface area contributed by atoms with Crippen molar-refractivity contribution in [3.05, 3.63) is 35.4 Å². The average molecular weight is 392 g/mol. The summed E-state index contributed by atoms with van der Waals surface area (Å²) in [6, 6.07) is 8.46. The molecule has 0 saturated carbocycles. The topological polar surface area (TPSA) is 78.0 Å². The van der Waals surface area contributed by atoms with E-state index in [1.165, 1.54) is 11.1 Å². The minimum absolute atomic E-state index is 0.414. The van der Waals surface area contributed by atoms with Crippen LogP contribution in [0.25, 0.3) is 0 Å². The van der Waals surface area contributed by atoms with Crippen molar-refractivity contribution >= 4 is 12.1 Å². The van der Waals surface area contributed by atoms with Crippen molar-refractivity contribution in [2.75, 3.05) is 33.2 Å². The molecule has 0 atom stereocenters. The zero-order chi connectivity index (χ0) is 21.0. The number of rotatable bonds is 9. The van der Waals surface area contributed by atoms with E-state index < -0.39 is 11.7 Å². The van der Waals surface area contributed by atoms with E-state index in [-0.39, 0.29) is 0 Å². The number of nitrogens with zero attached hydrogens (tertiary/aromatic N) is 2. The van der Waals surface area contributed by atoms with Gasteiger partial charge in [-0.25, -0.2) is 4.79 Å². The van der Waals surface area contributed by atoms with Crippen LogP contribution in [0.15, 0.2) is 29.3 Å². The van der Waals surface area contributed by atoms with Gasteiger partial charge >= 0.3 is 6.09 Å². The number of hydrogen-bond acceptors (Lipinski definition) is 4. The molecule has 0 aromatic heterocycles. The molecule has 0 fully saturated rings. The van der Waals surface area contributed by atoms with Crippen LogP contribution in [0.1, 0.15) is 45.7 Å². The van der Waals surface area contributed by atoms with Crippen LogP contribution in [-0.4, -0.2) is 55.8 Å². The van der Waals surface area contributed by atoms with Gasteiger partial charge in [0.2, 0.25) is 0 Å². The predicted molar refractivity (Wildman–Crippen MR) is 116 cm³/mol. The van der Waals surface area contributed by atoms with Crippen LogP contribution in [-0.2, 0) is 17.8 Å². The van der Waals surface area contributed by atoms with Gasteiger partial charge < -0.3 is 20.7 Å². The van der Waals surface area contributed by atoms with Gasteiger partial charge in [-0.2, -0.15) is 0 Å². The van der Waals surface area contributed by atoms with E-state index in [1.807, 2.05) is 20.8 Å². The van der Waals surface area contributed by atoms with E-state index in [1.54, 1.807) is 7.05 Å². The second kappa shape index (κ2) is 12.2. The maximum absolute atomic E-state index is 11.6. The highest BCUT2D eigenvalue weighted by molar-refractivity contribution is 5.79. The molecule has 1 aromatic carbocycles. The highest BCUT2D eigenvalue weighted by Gasteiger charge is 2.15. The number of guanidine groups is 1. The van der Waals surface area contributed by atoms with Crippen LogP contribution in [0.4, 0.5) is 4.79 Å². The zero-order valence-electron chi connectivity index (χ0n) is 18.3. The van der Waals surface area contributed by atoms with Gasteiger partial charge in [-0.05, 0) is 45.0 Å². The molecule has 0 aliphatic heterocycles. The summed E-state index contributed by atoms with van der Waals surface area (Å²) in [5, 5.41) is 9.26. The van der Waals surface area contributed by atoms with Gasteiger partial charge in [0.05, 0.1) is 0 Å². The molecule has 28 heavy (non-hydrogen) atoms. The summed E-state index contributed by atoms with van der Waals surface area (Å²) in [6.07, 6.45) is -0.414. The predicted octanol–water partition coefficient (Wildman–Crippen LogP) is 2.72. The van der Waals surface area contributed by atoms with Crippen molar-refractivity contribution < 1.29 is 9.53 Å². The number of aliphatic imine (C=N–C) groups is 1. The highest BCUT2D eigenvalue weighted by Crippen LogP contribution is 2.11. The molecule has 7 heteroatoms. The lowest BCUT2D eigenvalue weighted by Gasteiger charge is -2.21. The summed E-state index contributed by atoms with van der Waals surface area (Å²) in [4.78, 5) is 18.3. The Hall–Kier alpha value is -2.28. The number of hydrogen-bond donors (Lipinski definition) is 3. The molecule has 3 N–H and O–H groups in total. The van der Waals surface area contributed by atoms with Gasteiger partial charge in [0.1, 0.15) is 5.60 Å². The molecular formula is C21H37N5O2. The van der Waals surface area contributed by atoms with Crippen LogP contribution in [0, 0.1) is 0 Å². The Morgan fingerprint density at radius 3 is 2.21 bits per heavy atom. The second-order valence-electron chi connectivity index (χ2n) is 7.51. The third-order valence-electron chi connectivity index (χ3n) is 4.16. The molecule has 0 aliphatic rings. The standard InChI is InChI=1S/C21H37N5O2/c1-7-26(8-2)16-18-12-10-9-11-17(18)15-25-19(22-6)23-13-14-24-20(27)28-21(3,4)5/h9-12H,7-8,13-16H2,1-6H3,(H,24,27)(H2,22,23,25). The van der Waals surface area contributed by atoms with Crippen molar-refractivity contribution in [2.45, 2.75) is 53.3 Å². The highest BCUT2D eigenvalue weighted by atomic mass is 16.6. The van der Waals surface area contributed by atoms with Crippen molar-refractivity contribution in [1.82, 2.24) is 20.9 Å². The Morgan fingerprint density at radius 2 is 1.64 bits per heavy atom. The van der Waals surface area contributed by atoms with Gasteiger partial charge in [-0.1, -0.05) is 38.1 Å². The van der Waals surface area contributed by atoms with Gasteiger partial charge in [0.25, 0.3) is 0 Å². The molecule has 158 valence electrons. The van der Waals surface area contributed by atoms with E-state index in [0.29, 0.717) is 25.6 Å². The van der Waals surface area contributed by atoms with E-state index in [2.05, 4.69) is 64.0 Å². The summed E-state index contributed by atoms with van der Waals surface area (Å²) in [7, 11) is 1.73. The Bertz CT molecular complexity index is 621. The maximum Gasteiger partial charge on any atom is 0.407 e. The monoisotopic (exact) mass is 391 g/mol. The Labute approximate surface area is 169 Å². The van der Waals surface area contributed by atoms with Crippen LogP contribution in [0.3, 0.4) is 0 Å². The van der Waals surface area contributed by atoms with E-state index >= 15 is 0 Å². The first-order valence-corrected chi connectivity index (χ1v) is 9.99. The molecule has 1 amide bonds. The quantitative estimate of drug-likeness (QED) is 0.343. The zero-order valence-corrected chi connectivity index (χ0v) is 18.3. The molecule has 0 aliphatic carbocycles. The molecular weight excluding hydrogens is 354 g/mol. The molecule has 0 radical (unpaired) electrons. The first-order chi connectivity index (χ1) is 13.3. The third-order valence-corrected chi connectivity index (χ3v) is 4.16. The molecule has 0 bridgehead atoms. The SMILES string of the molecule is CCN(CC)Cc1ccccc1CNC(=NC)NCCNC(=O)OC(C)(C)C. The molecule has 0 unspecified atom stereocenters. The normalized spacial score (nSPS) is 12.0. The lowest BCUT2D eigenvalue weighted by molar-refractivity contribution is 0.0529. The fourth-order valence-corrected chi connectivity index (χ4v) is 2.63. The molecule has 0 spiro atoms. The van der Waals surface area contributed by atoms with Crippen molar-refractivity contribution in [2.24, 2.45) is 4.99 Å². The Morgan fingerprint density at radius 1 is 1.04 bits per heavy atom. The van der Waals surface area contributed by atoms with Gasteiger partial charge in [0, 0.05) is 33.2 Å². The third kappa shape index (κ3) is 9.60. The largest absolute Gasteiger partial charge is 0.444 e. The van der Waals surface area contributed by atoms with Gasteiger partial charge in [0.15, 0.2) is 5.96 Å². The average Bonchev–Trinajstić information content (AvgIpc) is 2.65. The molecule has 0 heterocycles. The van der Waals surface area contributed by atoms with E-state index in [9.17, 15) is 4.79 Å². The summed E-state index contributed by atoms with van der Waals surface area (Å²) in [5.41, 5.74) is 2.08. The first-order valence-electron chi connectivity index (χ1n) is 9.99. The van der Waals surface area contributed by atoms with E-state index in [0.717, 1.165) is 19.6 Å². The van der Waals surface area contributed by atoms with E-state index in [4.69, 9.17) is 4.74 Å². The van der Waals surface area contributed by atoms with Gasteiger partial charge in [-0.15, -0.1) is 0 Å². The fourth-order valence-electron chi connectivity index (χ4n) is 2.63. The Balaban J connectivity index is 2.45. The molecule has 7 nitrogen and oxygen atoms in total. The summed E-state index contributed by atoms with van der Waals surface area (Å²) < 4.78 is 5.21. The second-order valence-corrected chi connectivity index (χ2v) is 7.51. The molecule has 1 rings (SSSR count). The number of carbonyl (C=O) groups excluding carboxylic acids is 1. The summed E-state index contributed by atoms with van der Waals surface area (Å²) >= 11 is 0. The number of carbonyl (C=O) groups is 1. The smallest absolute Gasteiger partial charge is 0.407 e. The van der Waals surface area contributed by atoms with Crippen molar-refractivity contribution in [1.29, 1.82) is 0 Å². The minimum atomic E-state index is -0.492. The lowest BCUT2D eigenvalue weighted by atomic mass is 10.1. The Kier molecular flexibility index (Phi) is 10.4. The first kappa shape index (κ1) is 23.8. The summed E-state index contributed by atoms with van der Waals surface area (Å²) in [5.74, 6) is 0.698. The fraction of sp³-hybridized carbons (Fsp3) is 0.619. The van der Waals surface area contributed by atoms with Gasteiger partial charge in [-0.3, -0.25) is 9.89 Å². The number of alkyl carbamates (subject to hydrolysis) is 1. The summed E-state index contributed by atoms with van der Waals surface area (Å²) in [6.45, 7) is 14.6.